The Morgan fingerprint density at radius 2 is 2.06 bits per heavy atom. The molecule has 3 nitrogen and oxygen atoms in total. The molecule has 1 aromatic carbocycles. The summed E-state index contributed by atoms with van der Waals surface area (Å²) in [7, 11) is 0. The van der Waals surface area contributed by atoms with Crippen molar-refractivity contribution >= 4 is 5.91 Å². The molecule has 0 saturated heterocycles. The molecule has 2 aromatic rings. The fourth-order valence-electron chi connectivity index (χ4n) is 1.49. The highest BCUT2D eigenvalue weighted by Gasteiger charge is 2.10. The molecule has 17 heavy (non-hydrogen) atoms. The zero-order valence-corrected chi connectivity index (χ0v) is 9.37. The molecule has 88 valence electrons. The number of furan rings is 1. The van der Waals surface area contributed by atoms with Gasteiger partial charge in [-0.1, -0.05) is 12.1 Å². The highest BCUT2D eigenvalue weighted by Crippen LogP contribution is 2.08. The largest absolute Gasteiger partial charge is 0.465 e. The van der Waals surface area contributed by atoms with E-state index in [1.807, 2.05) is 13.0 Å². The molecule has 0 aliphatic carbocycles. The third-order valence-corrected chi connectivity index (χ3v) is 2.34. The number of aryl methyl sites for hydroxylation is 1. The van der Waals surface area contributed by atoms with E-state index >= 15 is 0 Å². The van der Waals surface area contributed by atoms with Gasteiger partial charge in [0.1, 0.15) is 17.3 Å². The quantitative estimate of drug-likeness (QED) is 0.885. The SMILES string of the molecule is Cc1ccc(CNC(=O)c2ccccc2F)o1. The first-order valence-corrected chi connectivity index (χ1v) is 5.25. The van der Waals surface area contributed by atoms with Gasteiger partial charge in [0.05, 0.1) is 12.1 Å². The lowest BCUT2D eigenvalue weighted by molar-refractivity contribution is 0.0944. The number of halogens is 1. The fourth-order valence-corrected chi connectivity index (χ4v) is 1.49. The second kappa shape index (κ2) is 4.82. The number of rotatable bonds is 3. The van der Waals surface area contributed by atoms with Gasteiger partial charge >= 0.3 is 0 Å². The van der Waals surface area contributed by atoms with Crippen molar-refractivity contribution in [2.24, 2.45) is 0 Å². The minimum absolute atomic E-state index is 0.0378. The van der Waals surface area contributed by atoms with Crippen LogP contribution in [0.2, 0.25) is 0 Å². The topological polar surface area (TPSA) is 42.2 Å². The fraction of sp³-hybridized carbons (Fsp3) is 0.154. The van der Waals surface area contributed by atoms with Crippen LogP contribution in [0.5, 0.6) is 0 Å². The van der Waals surface area contributed by atoms with Crippen molar-refractivity contribution in [3.8, 4) is 0 Å². The van der Waals surface area contributed by atoms with Crippen molar-refractivity contribution in [2.75, 3.05) is 0 Å². The van der Waals surface area contributed by atoms with Gasteiger partial charge in [0.25, 0.3) is 5.91 Å². The molecule has 0 spiro atoms. The molecular formula is C13H12FNO2. The minimum Gasteiger partial charge on any atom is -0.465 e. The third-order valence-electron chi connectivity index (χ3n) is 2.34. The number of benzene rings is 1. The molecule has 2 rings (SSSR count). The van der Waals surface area contributed by atoms with E-state index in [0.29, 0.717) is 5.76 Å². The Morgan fingerprint density at radius 1 is 1.29 bits per heavy atom. The van der Waals surface area contributed by atoms with Gasteiger partial charge in [-0.2, -0.15) is 0 Å². The van der Waals surface area contributed by atoms with Crippen LogP contribution >= 0.6 is 0 Å². The Kier molecular flexibility index (Phi) is 3.23. The minimum atomic E-state index is -0.527. The standard InChI is InChI=1S/C13H12FNO2/c1-9-6-7-10(17-9)8-15-13(16)11-4-2-3-5-12(11)14/h2-7H,8H2,1H3,(H,15,16). The maximum atomic E-state index is 13.3. The van der Waals surface area contributed by atoms with Crippen LogP contribution in [0.25, 0.3) is 0 Å². The smallest absolute Gasteiger partial charge is 0.254 e. The highest BCUT2D eigenvalue weighted by atomic mass is 19.1. The molecule has 1 N–H and O–H groups in total. The van der Waals surface area contributed by atoms with Crippen molar-refractivity contribution in [2.45, 2.75) is 13.5 Å². The van der Waals surface area contributed by atoms with Crippen LogP contribution in [0, 0.1) is 12.7 Å². The van der Waals surface area contributed by atoms with Crippen LogP contribution in [-0.2, 0) is 6.54 Å². The normalized spacial score (nSPS) is 10.2. The molecule has 4 heteroatoms. The lowest BCUT2D eigenvalue weighted by Crippen LogP contribution is -2.23. The van der Waals surface area contributed by atoms with Crippen LogP contribution in [-0.4, -0.2) is 5.91 Å². The summed E-state index contributed by atoms with van der Waals surface area (Å²) in [6.45, 7) is 2.07. The second-order valence-corrected chi connectivity index (χ2v) is 3.67. The van der Waals surface area contributed by atoms with Crippen molar-refractivity contribution in [3.05, 3.63) is 59.3 Å². The Morgan fingerprint density at radius 3 is 2.71 bits per heavy atom. The van der Waals surface area contributed by atoms with Crippen molar-refractivity contribution < 1.29 is 13.6 Å². The summed E-state index contributed by atoms with van der Waals surface area (Å²) in [5, 5.41) is 2.60. The molecule has 0 aliphatic rings. The van der Waals surface area contributed by atoms with Crippen LogP contribution in [0.1, 0.15) is 21.9 Å². The summed E-state index contributed by atoms with van der Waals surface area (Å²) in [6, 6.07) is 9.45. The molecule has 1 aromatic heterocycles. The molecule has 0 saturated carbocycles. The molecule has 0 radical (unpaired) electrons. The van der Waals surface area contributed by atoms with E-state index in [9.17, 15) is 9.18 Å². The maximum Gasteiger partial charge on any atom is 0.254 e. The Bertz CT molecular complexity index is 534. The molecule has 1 amide bonds. The van der Waals surface area contributed by atoms with E-state index in [4.69, 9.17) is 4.42 Å². The molecule has 0 fully saturated rings. The van der Waals surface area contributed by atoms with Gasteiger partial charge in [0.2, 0.25) is 0 Å². The van der Waals surface area contributed by atoms with Gasteiger partial charge in [0, 0.05) is 0 Å². The summed E-state index contributed by atoms with van der Waals surface area (Å²) in [5.74, 6) is 0.449. The van der Waals surface area contributed by atoms with E-state index in [1.165, 1.54) is 12.1 Å². The lowest BCUT2D eigenvalue weighted by atomic mass is 10.2. The van der Waals surface area contributed by atoms with Gasteiger partial charge in [0.15, 0.2) is 0 Å². The van der Waals surface area contributed by atoms with Gasteiger partial charge in [-0.3, -0.25) is 4.79 Å². The first-order valence-electron chi connectivity index (χ1n) is 5.25. The molecule has 0 bridgehead atoms. The summed E-state index contributed by atoms with van der Waals surface area (Å²) in [5.41, 5.74) is 0.0378. The molecule has 0 unspecified atom stereocenters. The second-order valence-electron chi connectivity index (χ2n) is 3.67. The Labute approximate surface area is 98.3 Å². The van der Waals surface area contributed by atoms with Crippen molar-refractivity contribution in [1.82, 2.24) is 5.32 Å². The average molecular weight is 233 g/mol. The van der Waals surface area contributed by atoms with E-state index in [-0.39, 0.29) is 12.1 Å². The average Bonchev–Trinajstić information content (AvgIpc) is 2.73. The predicted molar refractivity (Wildman–Crippen MR) is 61.0 cm³/mol. The van der Waals surface area contributed by atoms with Gasteiger partial charge < -0.3 is 9.73 Å². The number of amides is 1. The Hall–Kier alpha value is -2.10. The van der Waals surface area contributed by atoms with Crippen LogP contribution in [0.15, 0.2) is 40.8 Å². The van der Waals surface area contributed by atoms with Gasteiger partial charge in [-0.15, -0.1) is 0 Å². The summed E-state index contributed by atoms with van der Waals surface area (Å²) in [6.07, 6.45) is 0. The van der Waals surface area contributed by atoms with Crippen LogP contribution in [0.4, 0.5) is 4.39 Å². The number of carbonyl (C=O) groups is 1. The monoisotopic (exact) mass is 233 g/mol. The third kappa shape index (κ3) is 2.72. The number of hydrogen-bond acceptors (Lipinski definition) is 2. The zero-order valence-electron chi connectivity index (χ0n) is 9.37. The number of carbonyl (C=O) groups excluding carboxylic acids is 1. The van der Waals surface area contributed by atoms with Gasteiger partial charge in [-0.25, -0.2) is 4.39 Å². The maximum absolute atomic E-state index is 13.3. The van der Waals surface area contributed by atoms with E-state index in [2.05, 4.69) is 5.32 Å². The zero-order chi connectivity index (χ0) is 12.3. The summed E-state index contributed by atoms with van der Waals surface area (Å²) < 4.78 is 18.6. The van der Waals surface area contributed by atoms with E-state index in [0.717, 1.165) is 5.76 Å². The number of hydrogen-bond donors (Lipinski definition) is 1. The molecule has 1 heterocycles. The van der Waals surface area contributed by atoms with E-state index < -0.39 is 11.7 Å². The molecule has 0 atom stereocenters. The first kappa shape index (κ1) is 11.4. The summed E-state index contributed by atoms with van der Waals surface area (Å²) >= 11 is 0. The summed E-state index contributed by atoms with van der Waals surface area (Å²) in [4.78, 5) is 11.7. The molecular weight excluding hydrogens is 221 g/mol. The predicted octanol–water partition coefficient (Wildman–Crippen LogP) is 2.66. The van der Waals surface area contributed by atoms with Crippen LogP contribution in [0.3, 0.4) is 0 Å². The highest BCUT2D eigenvalue weighted by molar-refractivity contribution is 5.94. The first-order chi connectivity index (χ1) is 8.16. The van der Waals surface area contributed by atoms with Crippen molar-refractivity contribution in [1.29, 1.82) is 0 Å². The van der Waals surface area contributed by atoms with E-state index in [1.54, 1.807) is 18.2 Å². The van der Waals surface area contributed by atoms with Gasteiger partial charge in [-0.05, 0) is 31.2 Å². The van der Waals surface area contributed by atoms with Crippen molar-refractivity contribution in [3.63, 3.8) is 0 Å². The Balaban J connectivity index is 2.01. The number of nitrogens with one attached hydrogen (secondary N) is 1. The molecule has 0 aliphatic heterocycles. The lowest BCUT2D eigenvalue weighted by Gasteiger charge is -2.04. The van der Waals surface area contributed by atoms with Crippen LogP contribution < -0.4 is 5.32 Å².